The van der Waals surface area contributed by atoms with Crippen molar-refractivity contribution in [3.05, 3.63) is 35.9 Å². The lowest BCUT2D eigenvalue weighted by Gasteiger charge is -2.23. The van der Waals surface area contributed by atoms with Crippen molar-refractivity contribution >= 4 is 17.7 Å². The summed E-state index contributed by atoms with van der Waals surface area (Å²) in [6.45, 7) is 3.30. The summed E-state index contributed by atoms with van der Waals surface area (Å²) in [4.78, 5) is 12.8. The van der Waals surface area contributed by atoms with Gasteiger partial charge in [0.15, 0.2) is 0 Å². The Morgan fingerprint density at radius 2 is 2.11 bits per heavy atom. The Hall–Kier alpha value is -1.81. The zero-order chi connectivity index (χ0) is 12.8. The van der Waals surface area contributed by atoms with Gasteiger partial charge in [-0.25, -0.2) is 4.79 Å². The van der Waals surface area contributed by atoms with Crippen LogP contribution in [0.15, 0.2) is 30.3 Å². The Morgan fingerprint density at radius 1 is 1.28 bits per heavy atom. The van der Waals surface area contributed by atoms with Crippen molar-refractivity contribution < 1.29 is 14.6 Å². The number of aliphatic carboxylic acids is 1. The van der Waals surface area contributed by atoms with Crippen LogP contribution in [0.5, 0.6) is 0 Å². The number of hydrogen-bond donors (Lipinski definition) is 1. The molecule has 1 aromatic carbocycles. The first-order valence-corrected chi connectivity index (χ1v) is 6.10. The molecule has 18 heavy (non-hydrogen) atoms. The van der Waals surface area contributed by atoms with Crippen LogP contribution in [0, 0.1) is 0 Å². The summed E-state index contributed by atoms with van der Waals surface area (Å²) in [5.41, 5.74) is 2.00. The molecule has 0 amide bonds. The van der Waals surface area contributed by atoms with E-state index in [0.717, 1.165) is 44.0 Å². The maximum atomic E-state index is 10.6. The highest BCUT2D eigenvalue weighted by Gasteiger charge is 2.12. The van der Waals surface area contributed by atoms with Crippen LogP contribution in [0.25, 0.3) is 6.08 Å². The molecule has 1 fully saturated rings. The maximum Gasteiger partial charge on any atom is 0.328 e. The molecule has 0 radical (unpaired) electrons. The summed E-state index contributed by atoms with van der Waals surface area (Å²) in [6, 6.07) is 7.84. The van der Waals surface area contributed by atoms with E-state index in [1.54, 1.807) is 6.08 Å². The van der Waals surface area contributed by atoms with E-state index < -0.39 is 5.97 Å². The first-order valence-electron chi connectivity index (χ1n) is 6.10. The van der Waals surface area contributed by atoms with E-state index in [1.807, 2.05) is 24.3 Å². The minimum Gasteiger partial charge on any atom is -0.478 e. The third kappa shape index (κ3) is 3.34. The molecule has 4 nitrogen and oxygen atoms in total. The number of hydrogen-bond acceptors (Lipinski definition) is 3. The Bertz CT molecular complexity index is 434. The third-order valence-electron chi connectivity index (χ3n) is 2.91. The first kappa shape index (κ1) is 12.6. The summed E-state index contributed by atoms with van der Waals surface area (Å²) in [5, 5.41) is 8.70. The van der Waals surface area contributed by atoms with Crippen LogP contribution in [0.3, 0.4) is 0 Å². The van der Waals surface area contributed by atoms with Crippen LogP contribution in [-0.4, -0.2) is 37.4 Å². The van der Waals surface area contributed by atoms with Crippen LogP contribution in [0.4, 0.5) is 5.69 Å². The molecule has 1 aliphatic rings. The van der Waals surface area contributed by atoms with Gasteiger partial charge >= 0.3 is 5.97 Å². The predicted octanol–water partition coefficient (Wildman–Crippen LogP) is 2.01. The summed E-state index contributed by atoms with van der Waals surface area (Å²) in [7, 11) is 0. The number of carboxylic acids is 1. The number of benzene rings is 1. The molecule has 1 saturated heterocycles. The summed E-state index contributed by atoms with van der Waals surface area (Å²) >= 11 is 0. The molecule has 4 heteroatoms. The Labute approximate surface area is 106 Å². The number of nitrogens with zero attached hydrogens (tertiary/aromatic N) is 1. The number of carboxylic acid groups (broad SMARTS) is 1. The normalized spacial score (nSPS) is 16.8. The Morgan fingerprint density at radius 3 is 2.94 bits per heavy atom. The van der Waals surface area contributed by atoms with Crippen LogP contribution in [-0.2, 0) is 9.53 Å². The maximum absolute atomic E-state index is 10.6. The second-order valence-electron chi connectivity index (χ2n) is 4.18. The van der Waals surface area contributed by atoms with Crippen molar-refractivity contribution in [3.63, 3.8) is 0 Å². The van der Waals surface area contributed by atoms with Crippen molar-refractivity contribution in [3.8, 4) is 0 Å². The smallest absolute Gasteiger partial charge is 0.328 e. The summed E-state index contributed by atoms with van der Waals surface area (Å²) in [5.74, 6) is -0.927. The van der Waals surface area contributed by atoms with Crippen molar-refractivity contribution in [2.24, 2.45) is 0 Å². The second-order valence-corrected chi connectivity index (χ2v) is 4.18. The van der Waals surface area contributed by atoms with Gasteiger partial charge < -0.3 is 14.7 Å². The third-order valence-corrected chi connectivity index (χ3v) is 2.91. The fraction of sp³-hybridized carbons (Fsp3) is 0.357. The lowest BCUT2D eigenvalue weighted by atomic mass is 10.1. The molecular weight excluding hydrogens is 230 g/mol. The SMILES string of the molecule is O=C(O)C=Cc1ccccc1N1CCCOCC1. The predicted molar refractivity (Wildman–Crippen MR) is 70.8 cm³/mol. The molecule has 0 aliphatic carbocycles. The van der Waals surface area contributed by atoms with Gasteiger partial charge in [0, 0.05) is 31.5 Å². The largest absolute Gasteiger partial charge is 0.478 e. The van der Waals surface area contributed by atoms with Crippen LogP contribution in [0.1, 0.15) is 12.0 Å². The molecular formula is C14H17NO3. The molecule has 0 aromatic heterocycles. The van der Waals surface area contributed by atoms with E-state index in [1.165, 1.54) is 6.08 Å². The van der Waals surface area contributed by atoms with E-state index in [-0.39, 0.29) is 0 Å². The molecule has 1 aromatic rings. The van der Waals surface area contributed by atoms with Gasteiger partial charge in [-0.05, 0) is 24.1 Å². The summed E-state index contributed by atoms with van der Waals surface area (Å²) < 4.78 is 5.43. The number of anilines is 1. The van der Waals surface area contributed by atoms with Gasteiger partial charge in [-0.15, -0.1) is 0 Å². The van der Waals surface area contributed by atoms with Crippen molar-refractivity contribution in [1.29, 1.82) is 0 Å². The zero-order valence-corrected chi connectivity index (χ0v) is 10.2. The monoisotopic (exact) mass is 247 g/mol. The molecule has 1 aliphatic heterocycles. The van der Waals surface area contributed by atoms with Gasteiger partial charge in [-0.3, -0.25) is 0 Å². The highest BCUT2D eigenvalue weighted by molar-refractivity contribution is 5.87. The van der Waals surface area contributed by atoms with E-state index >= 15 is 0 Å². The van der Waals surface area contributed by atoms with Gasteiger partial charge in [0.2, 0.25) is 0 Å². The standard InChI is InChI=1S/C14H17NO3/c16-14(17)7-6-12-4-1-2-5-13(12)15-8-3-10-18-11-9-15/h1-2,4-7H,3,8-11H2,(H,16,17). The summed E-state index contributed by atoms with van der Waals surface area (Å²) in [6.07, 6.45) is 3.81. The van der Waals surface area contributed by atoms with E-state index in [9.17, 15) is 4.79 Å². The molecule has 0 saturated carbocycles. The Kier molecular flexibility index (Phi) is 4.36. The molecule has 1 N–H and O–H groups in total. The van der Waals surface area contributed by atoms with Crippen LogP contribution < -0.4 is 4.90 Å². The van der Waals surface area contributed by atoms with Crippen molar-refractivity contribution in [1.82, 2.24) is 0 Å². The minimum absolute atomic E-state index is 0.719. The van der Waals surface area contributed by atoms with E-state index in [0.29, 0.717) is 0 Å². The molecule has 0 spiro atoms. The molecule has 96 valence electrons. The second kappa shape index (κ2) is 6.21. The highest BCUT2D eigenvalue weighted by Crippen LogP contribution is 2.22. The minimum atomic E-state index is -0.927. The topological polar surface area (TPSA) is 49.8 Å². The average molecular weight is 247 g/mol. The van der Waals surface area contributed by atoms with Gasteiger partial charge in [0.1, 0.15) is 0 Å². The number of carbonyl (C=O) groups is 1. The molecule has 1 heterocycles. The van der Waals surface area contributed by atoms with E-state index in [2.05, 4.69) is 4.90 Å². The molecule has 0 atom stereocenters. The average Bonchev–Trinajstić information content (AvgIpc) is 2.65. The van der Waals surface area contributed by atoms with Crippen molar-refractivity contribution in [2.75, 3.05) is 31.2 Å². The quantitative estimate of drug-likeness (QED) is 0.830. The van der Waals surface area contributed by atoms with Crippen LogP contribution in [0.2, 0.25) is 0 Å². The van der Waals surface area contributed by atoms with Gasteiger partial charge in [-0.1, -0.05) is 18.2 Å². The number of ether oxygens (including phenoxy) is 1. The molecule has 2 rings (SSSR count). The number of para-hydroxylation sites is 1. The fourth-order valence-electron chi connectivity index (χ4n) is 2.06. The highest BCUT2D eigenvalue weighted by atomic mass is 16.5. The lowest BCUT2D eigenvalue weighted by molar-refractivity contribution is -0.131. The van der Waals surface area contributed by atoms with Gasteiger partial charge in [0.05, 0.1) is 6.61 Å². The number of rotatable bonds is 3. The zero-order valence-electron chi connectivity index (χ0n) is 10.2. The molecule has 0 bridgehead atoms. The van der Waals surface area contributed by atoms with Crippen LogP contribution >= 0.6 is 0 Å². The van der Waals surface area contributed by atoms with Crippen molar-refractivity contribution in [2.45, 2.75) is 6.42 Å². The lowest BCUT2D eigenvalue weighted by Crippen LogP contribution is -2.26. The first-order chi connectivity index (χ1) is 8.77. The Balaban J connectivity index is 2.22. The fourth-order valence-corrected chi connectivity index (χ4v) is 2.06. The van der Waals surface area contributed by atoms with Gasteiger partial charge in [-0.2, -0.15) is 0 Å². The molecule has 0 unspecified atom stereocenters. The van der Waals surface area contributed by atoms with E-state index in [4.69, 9.17) is 9.84 Å². The van der Waals surface area contributed by atoms with Gasteiger partial charge in [0.25, 0.3) is 0 Å².